The number of hydrogen-bond acceptors (Lipinski definition) is 7. The number of amides is 3. The van der Waals surface area contributed by atoms with Crippen molar-refractivity contribution in [3.8, 4) is 17.2 Å². The third kappa shape index (κ3) is 10.5. The van der Waals surface area contributed by atoms with Crippen molar-refractivity contribution in [3.05, 3.63) is 90.0 Å². The Morgan fingerprint density at radius 3 is 2.34 bits per heavy atom. The van der Waals surface area contributed by atoms with E-state index in [4.69, 9.17) is 4.74 Å². The predicted molar refractivity (Wildman–Crippen MR) is 178 cm³/mol. The normalized spacial score (nSPS) is 12.2. The zero-order chi connectivity index (χ0) is 34.2. The number of carbonyl (C=O) groups is 2. The number of aliphatic imine (C=N–C) groups is 1. The van der Waals surface area contributed by atoms with Crippen LogP contribution in [-0.4, -0.2) is 50.1 Å². The van der Waals surface area contributed by atoms with Crippen molar-refractivity contribution in [1.82, 2.24) is 14.8 Å². The fourth-order valence-corrected chi connectivity index (χ4v) is 4.77. The average Bonchev–Trinajstić information content (AvgIpc) is 3.47. The van der Waals surface area contributed by atoms with Gasteiger partial charge in [0.1, 0.15) is 23.4 Å². The van der Waals surface area contributed by atoms with E-state index in [1.54, 1.807) is 48.6 Å². The van der Waals surface area contributed by atoms with Crippen molar-refractivity contribution in [2.24, 2.45) is 4.99 Å². The molecule has 10 nitrogen and oxygen atoms in total. The molecule has 0 aliphatic rings. The minimum atomic E-state index is -4.77. The summed E-state index contributed by atoms with van der Waals surface area (Å²) in [7, 11) is 0. The maximum atomic E-state index is 12.9. The van der Waals surface area contributed by atoms with Gasteiger partial charge in [0.15, 0.2) is 11.0 Å². The first kappa shape index (κ1) is 34.8. The second-order valence-corrected chi connectivity index (χ2v) is 12.2. The monoisotopic (exact) mass is 666 g/mol. The van der Waals surface area contributed by atoms with Crippen molar-refractivity contribution in [2.75, 3.05) is 16.0 Å². The predicted octanol–water partition coefficient (Wildman–Crippen LogP) is 8.13. The van der Waals surface area contributed by atoms with Gasteiger partial charge in [0.05, 0.1) is 11.4 Å². The quantitative estimate of drug-likeness (QED) is 0.109. The molecule has 1 heterocycles. The Balaban J connectivity index is 1.43. The van der Waals surface area contributed by atoms with Gasteiger partial charge in [-0.15, -0.1) is 18.3 Å². The number of nitrogens with zero attached hydrogens (tertiary/aromatic N) is 5. The SMILES string of the molecule is CCS/C(=N\C(=O)Nc1ccc(/C=C/c2ncn(-c3ccc(OC(F)(F)F)cc3)n2)cc1)N(C=O)c1cc(C)ccc1OC(C)(C)C. The number of alkyl halides is 3. The van der Waals surface area contributed by atoms with E-state index in [1.165, 1.54) is 51.9 Å². The van der Waals surface area contributed by atoms with E-state index < -0.39 is 18.0 Å². The van der Waals surface area contributed by atoms with Crippen LogP contribution >= 0.6 is 11.8 Å². The Morgan fingerprint density at radius 2 is 1.72 bits per heavy atom. The average molecular weight is 667 g/mol. The Labute approximate surface area is 274 Å². The summed E-state index contributed by atoms with van der Waals surface area (Å²) in [5, 5.41) is 7.24. The van der Waals surface area contributed by atoms with Crippen molar-refractivity contribution < 1.29 is 32.2 Å². The number of amidine groups is 1. The molecule has 0 aliphatic heterocycles. The molecule has 14 heteroatoms. The second kappa shape index (κ2) is 15.0. The van der Waals surface area contributed by atoms with Gasteiger partial charge in [-0.3, -0.25) is 9.69 Å². The van der Waals surface area contributed by atoms with Gasteiger partial charge in [-0.1, -0.05) is 43.0 Å². The number of anilines is 2. The molecule has 1 N–H and O–H groups in total. The third-order valence-electron chi connectivity index (χ3n) is 6.00. The first-order chi connectivity index (χ1) is 22.2. The lowest BCUT2D eigenvalue weighted by molar-refractivity contribution is -0.274. The van der Waals surface area contributed by atoms with Gasteiger partial charge >= 0.3 is 12.4 Å². The summed E-state index contributed by atoms with van der Waals surface area (Å²) in [6, 6.07) is 17.0. The molecular formula is C33H33F3N6O4S. The number of carbonyl (C=O) groups excluding carboxylic acids is 2. The first-order valence-electron chi connectivity index (χ1n) is 14.4. The summed E-state index contributed by atoms with van der Waals surface area (Å²) >= 11 is 1.24. The van der Waals surface area contributed by atoms with Gasteiger partial charge in [0.2, 0.25) is 6.41 Å². The summed E-state index contributed by atoms with van der Waals surface area (Å²) in [5.74, 6) is 1.09. The molecule has 0 spiro atoms. The van der Waals surface area contributed by atoms with E-state index in [2.05, 4.69) is 25.1 Å². The van der Waals surface area contributed by atoms with Crippen LogP contribution in [0.15, 0.2) is 78.0 Å². The molecule has 0 atom stereocenters. The molecule has 4 rings (SSSR count). The summed E-state index contributed by atoms with van der Waals surface area (Å²) in [5.41, 5.74) is 2.65. The van der Waals surface area contributed by atoms with Gasteiger partial charge < -0.3 is 14.8 Å². The number of rotatable bonds is 9. The van der Waals surface area contributed by atoms with Crippen molar-refractivity contribution in [2.45, 2.75) is 46.6 Å². The lowest BCUT2D eigenvalue weighted by Crippen LogP contribution is -2.31. The Kier molecular flexibility index (Phi) is 11.1. The van der Waals surface area contributed by atoms with Crippen LogP contribution in [-0.2, 0) is 4.79 Å². The number of benzene rings is 3. The number of thioether (sulfide) groups is 1. The van der Waals surface area contributed by atoms with Crippen molar-refractivity contribution in [3.63, 3.8) is 0 Å². The molecule has 3 aromatic carbocycles. The van der Waals surface area contributed by atoms with Crippen molar-refractivity contribution in [1.29, 1.82) is 0 Å². The third-order valence-corrected chi connectivity index (χ3v) is 6.84. The molecule has 1 aromatic heterocycles. The molecule has 0 radical (unpaired) electrons. The molecule has 0 saturated heterocycles. The molecule has 0 fully saturated rings. The van der Waals surface area contributed by atoms with Crippen LogP contribution in [0.1, 0.15) is 44.6 Å². The summed E-state index contributed by atoms with van der Waals surface area (Å²) < 4.78 is 48.6. The fraction of sp³-hybridized carbons (Fsp3) is 0.242. The van der Waals surface area contributed by atoms with Gasteiger partial charge in [0, 0.05) is 5.69 Å². The van der Waals surface area contributed by atoms with Crippen LogP contribution in [0.25, 0.3) is 17.8 Å². The Hall–Kier alpha value is -5.11. The van der Waals surface area contributed by atoms with Crippen LogP contribution in [0.4, 0.5) is 29.3 Å². The summed E-state index contributed by atoms with van der Waals surface area (Å²) in [4.78, 5) is 35.0. The van der Waals surface area contributed by atoms with E-state index in [0.717, 1.165) is 11.1 Å². The highest BCUT2D eigenvalue weighted by Gasteiger charge is 2.31. The molecule has 4 aromatic rings. The summed E-state index contributed by atoms with van der Waals surface area (Å²) in [6.45, 7) is 9.51. The van der Waals surface area contributed by atoms with Gasteiger partial charge in [0.25, 0.3) is 0 Å². The Bertz CT molecular complexity index is 1750. The maximum absolute atomic E-state index is 12.9. The van der Waals surface area contributed by atoms with Crippen molar-refractivity contribution >= 4 is 52.9 Å². The van der Waals surface area contributed by atoms with E-state index in [1.807, 2.05) is 40.7 Å². The van der Waals surface area contributed by atoms with Gasteiger partial charge in [-0.2, -0.15) is 4.99 Å². The smallest absolute Gasteiger partial charge is 0.486 e. The molecule has 246 valence electrons. The van der Waals surface area contributed by atoms with E-state index >= 15 is 0 Å². The molecule has 0 unspecified atom stereocenters. The van der Waals surface area contributed by atoms with E-state index in [-0.39, 0.29) is 10.9 Å². The number of aromatic nitrogens is 3. The topological polar surface area (TPSA) is 111 Å². The van der Waals surface area contributed by atoms with Gasteiger partial charge in [-0.25, -0.2) is 14.5 Å². The van der Waals surface area contributed by atoms with Crippen LogP contribution in [0, 0.1) is 6.92 Å². The fourth-order valence-electron chi connectivity index (χ4n) is 4.09. The molecule has 47 heavy (non-hydrogen) atoms. The molecule has 0 aliphatic carbocycles. The van der Waals surface area contributed by atoms with Crippen LogP contribution < -0.4 is 19.7 Å². The molecule has 0 bridgehead atoms. The minimum Gasteiger partial charge on any atom is -0.486 e. The first-order valence-corrected chi connectivity index (χ1v) is 15.3. The molecular weight excluding hydrogens is 633 g/mol. The largest absolute Gasteiger partial charge is 0.573 e. The lowest BCUT2D eigenvalue weighted by atomic mass is 10.1. The highest BCUT2D eigenvalue weighted by atomic mass is 32.2. The number of urea groups is 1. The van der Waals surface area contributed by atoms with Crippen LogP contribution in [0.5, 0.6) is 11.5 Å². The van der Waals surface area contributed by atoms with Crippen LogP contribution in [0.3, 0.4) is 0 Å². The molecule has 3 amide bonds. The van der Waals surface area contributed by atoms with Crippen LogP contribution in [0.2, 0.25) is 0 Å². The second-order valence-electron chi connectivity index (χ2n) is 11.0. The standard InChI is InChI=1S/C33H33F3N6O4S/c1-6-47-31(41(21-43)27-19-22(2)7-17-28(27)46-32(3,4)5)39-30(44)38-24-11-8-23(9-12-24)10-18-29-37-20-42(40-29)25-13-15-26(16-14-25)45-33(34,35)36/h7-21H,6H2,1-5H3,(H,38,44)/b18-10+,39-31-. The zero-order valence-corrected chi connectivity index (χ0v) is 27.1. The van der Waals surface area contributed by atoms with Gasteiger partial charge in [-0.05, 0) is 99.2 Å². The van der Waals surface area contributed by atoms with E-state index in [9.17, 15) is 22.8 Å². The number of hydrogen-bond donors (Lipinski definition) is 1. The maximum Gasteiger partial charge on any atom is 0.573 e. The number of nitrogens with one attached hydrogen (secondary N) is 1. The number of aryl methyl sites for hydroxylation is 1. The highest BCUT2D eigenvalue weighted by molar-refractivity contribution is 8.14. The lowest BCUT2D eigenvalue weighted by Gasteiger charge is -2.27. The number of halogens is 3. The Morgan fingerprint density at radius 1 is 1.02 bits per heavy atom. The van der Waals surface area contributed by atoms with E-state index in [0.29, 0.717) is 40.8 Å². The number of ether oxygens (including phenoxy) is 2. The zero-order valence-electron chi connectivity index (χ0n) is 26.3. The highest BCUT2D eigenvalue weighted by Crippen LogP contribution is 2.33. The molecule has 0 saturated carbocycles. The summed E-state index contributed by atoms with van der Waals surface area (Å²) in [6.07, 6.45) is 0.713. The minimum absolute atomic E-state index is 0.196.